The molecular weight excluding hydrogens is 188 g/mol. The first-order valence-electron chi connectivity index (χ1n) is 4.22. The van der Waals surface area contributed by atoms with Crippen LogP contribution in [0.25, 0.3) is 0 Å². The van der Waals surface area contributed by atoms with Gasteiger partial charge in [0, 0.05) is 14.2 Å². The minimum absolute atomic E-state index is 0.0743. The minimum Gasteiger partial charge on any atom is -0.359 e. The lowest BCUT2D eigenvalue weighted by Crippen LogP contribution is -2.33. The van der Waals surface area contributed by atoms with Crippen molar-refractivity contribution in [3.63, 3.8) is 0 Å². The standard InChI is InChI=1S/C9H14O5/c1-11-5-13-8-4-3-7(10)9(8)14-6-12-2/h3-4,8-9H,5-6H2,1-2H3/t8-,9+/m1/s1. The molecule has 5 nitrogen and oxygen atoms in total. The summed E-state index contributed by atoms with van der Waals surface area (Å²) in [5, 5.41) is 0. The summed E-state index contributed by atoms with van der Waals surface area (Å²) in [7, 11) is 3.02. The summed E-state index contributed by atoms with van der Waals surface area (Å²) >= 11 is 0. The number of ketones is 1. The molecule has 5 heteroatoms. The van der Waals surface area contributed by atoms with Crippen molar-refractivity contribution in [2.24, 2.45) is 0 Å². The van der Waals surface area contributed by atoms with Gasteiger partial charge in [0.2, 0.25) is 0 Å². The van der Waals surface area contributed by atoms with E-state index in [1.54, 1.807) is 6.08 Å². The lowest BCUT2D eigenvalue weighted by molar-refractivity contribution is -0.155. The van der Waals surface area contributed by atoms with Crippen LogP contribution in [0, 0.1) is 0 Å². The summed E-state index contributed by atoms with van der Waals surface area (Å²) in [6.07, 6.45) is 2.12. The number of carbonyl (C=O) groups excluding carboxylic acids is 1. The van der Waals surface area contributed by atoms with Gasteiger partial charge in [-0.2, -0.15) is 0 Å². The summed E-state index contributed by atoms with van der Waals surface area (Å²) in [5.41, 5.74) is 0. The van der Waals surface area contributed by atoms with E-state index in [-0.39, 0.29) is 25.5 Å². The van der Waals surface area contributed by atoms with Crippen LogP contribution in [0.15, 0.2) is 12.2 Å². The van der Waals surface area contributed by atoms with Crippen molar-refractivity contribution < 1.29 is 23.7 Å². The quantitative estimate of drug-likeness (QED) is 0.572. The van der Waals surface area contributed by atoms with Crippen molar-refractivity contribution in [2.75, 3.05) is 27.8 Å². The Balaban J connectivity index is 2.39. The van der Waals surface area contributed by atoms with Crippen LogP contribution in [-0.2, 0) is 23.7 Å². The molecule has 0 spiro atoms. The van der Waals surface area contributed by atoms with Crippen LogP contribution < -0.4 is 0 Å². The van der Waals surface area contributed by atoms with Gasteiger partial charge in [0.25, 0.3) is 0 Å². The molecular formula is C9H14O5. The second kappa shape index (κ2) is 5.87. The van der Waals surface area contributed by atoms with Gasteiger partial charge in [0.1, 0.15) is 19.7 Å². The Morgan fingerprint density at radius 2 is 1.86 bits per heavy atom. The highest BCUT2D eigenvalue weighted by atomic mass is 16.7. The van der Waals surface area contributed by atoms with E-state index >= 15 is 0 Å². The highest BCUT2D eigenvalue weighted by molar-refractivity contribution is 5.96. The summed E-state index contributed by atoms with van der Waals surface area (Å²) in [4.78, 5) is 11.3. The zero-order valence-electron chi connectivity index (χ0n) is 8.26. The first-order chi connectivity index (χ1) is 6.79. The van der Waals surface area contributed by atoms with Gasteiger partial charge in [0.05, 0.1) is 0 Å². The van der Waals surface area contributed by atoms with E-state index < -0.39 is 6.10 Å². The Morgan fingerprint density at radius 1 is 1.21 bits per heavy atom. The molecule has 0 bridgehead atoms. The van der Waals surface area contributed by atoms with E-state index in [9.17, 15) is 4.79 Å². The van der Waals surface area contributed by atoms with Gasteiger partial charge in [-0.3, -0.25) is 4.79 Å². The average molecular weight is 202 g/mol. The number of rotatable bonds is 6. The molecule has 0 saturated heterocycles. The number of hydrogen-bond acceptors (Lipinski definition) is 5. The highest BCUT2D eigenvalue weighted by Gasteiger charge is 2.31. The SMILES string of the molecule is COCO[C@@H]1C=CC(=O)[C@@H]1OCOC. The Labute approximate surface area is 82.6 Å². The fraction of sp³-hybridized carbons (Fsp3) is 0.667. The normalized spacial score (nSPS) is 26.0. The van der Waals surface area contributed by atoms with E-state index in [0.717, 1.165) is 0 Å². The first-order valence-corrected chi connectivity index (χ1v) is 4.22. The van der Waals surface area contributed by atoms with E-state index in [1.165, 1.54) is 20.3 Å². The molecule has 1 rings (SSSR count). The summed E-state index contributed by atoms with van der Waals surface area (Å²) in [6, 6.07) is 0. The van der Waals surface area contributed by atoms with E-state index in [2.05, 4.69) is 0 Å². The van der Waals surface area contributed by atoms with Gasteiger partial charge in [-0.25, -0.2) is 0 Å². The molecule has 0 unspecified atom stereocenters. The lowest BCUT2D eigenvalue weighted by Gasteiger charge is -2.18. The van der Waals surface area contributed by atoms with Crippen LogP contribution in [0.1, 0.15) is 0 Å². The van der Waals surface area contributed by atoms with Gasteiger partial charge >= 0.3 is 0 Å². The molecule has 2 atom stereocenters. The van der Waals surface area contributed by atoms with Gasteiger partial charge < -0.3 is 18.9 Å². The van der Waals surface area contributed by atoms with E-state index in [0.29, 0.717) is 0 Å². The van der Waals surface area contributed by atoms with Crippen LogP contribution >= 0.6 is 0 Å². The lowest BCUT2D eigenvalue weighted by atomic mass is 10.2. The predicted molar refractivity (Wildman–Crippen MR) is 47.6 cm³/mol. The molecule has 1 aliphatic rings. The third-order valence-corrected chi connectivity index (χ3v) is 1.77. The topological polar surface area (TPSA) is 54.0 Å². The summed E-state index contributed by atoms with van der Waals surface area (Å²) in [5.74, 6) is -0.108. The third-order valence-electron chi connectivity index (χ3n) is 1.77. The maximum atomic E-state index is 11.3. The van der Waals surface area contributed by atoms with Crippen molar-refractivity contribution in [1.82, 2.24) is 0 Å². The largest absolute Gasteiger partial charge is 0.359 e. The van der Waals surface area contributed by atoms with Gasteiger partial charge in [-0.05, 0) is 12.2 Å². The molecule has 14 heavy (non-hydrogen) atoms. The van der Waals surface area contributed by atoms with Crippen molar-refractivity contribution in [2.45, 2.75) is 12.2 Å². The second-order valence-electron chi connectivity index (χ2n) is 2.79. The Morgan fingerprint density at radius 3 is 2.50 bits per heavy atom. The van der Waals surface area contributed by atoms with Gasteiger partial charge in [-0.15, -0.1) is 0 Å². The second-order valence-corrected chi connectivity index (χ2v) is 2.79. The molecule has 0 amide bonds. The van der Waals surface area contributed by atoms with Crippen molar-refractivity contribution in [3.05, 3.63) is 12.2 Å². The predicted octanol–water partition coefficient (Wildman–Crippen LogP) is 0.103. The number of methoxy groups -OCH3 is 2. The Hall–Kier alpha value is -0.750. The maximum Gasteiger partial charge on any atom is 0.187 e. The Bertz CT molecular complexity index is 213. The van der Waals surface area contributed by atoms with Gasteiger partial charge in [-0.1, -0.05) is 0 Å². The molecule has 1 aliphatic carbocycles. The van der Waals surface area contributed by atoms with Crippen molar-refractivity contribution in [1.29, 1.82) is 0 Å². The molecule has 0 heterocycles. The number of hydrogen-bond donors (Lipinski definition) is 0. The number of ether oxygens (including phenoxy) is 4. The number of carbonyl (C=O) groups is 1. The molecule has 0 aliphatic heterocycles. The molecule has 0 aromatic heterocycles. The minimum atomic E-state index is -0.606. The molecule has 0 fully saturated rings. The molecule has 0 radical (unpaired) electrons. The van der Waals surface area contributed by atoms with Gasteiger partial charge in [0.15, 0.2) is 11.9 Å². The Kier molecular flexibility index (Phi) is 4.75. The van der Waals surface area contributed by atoms with Crippen LogP contribution in [-0.4, -0.2) is 45.8 Å². The fourth-order valence-corrected chi connectivity index (χ4v) is 1.16. The van der Waals surface area contributed by atoms with E-state index in [4.69, 9.17) is 18.9 Å². The summed E-state index contributed by atoms with van der Waals surface area (Å²) < 4.78 is 19.8. The smallest absolute Gasteiger partial charge is 0.187 e. The first kappa shape index (κ1) is 11.3. The summed E-state index contributed by atoms with van der Waals surface area (Å²) in [6.45, 7) is 0.208. The van der Waals surface area contributed by atoms with Crippen LogP contribution in [0.5, 0.6) is 0 Å². The highest BCUT2D eigenvalue weighted by Crippen LogP contribution is 2.15. The van der Waals surface area contributed by atoms with Crippen LogP contribution in [0.2, 0.25) is 0 Å². The van der Waals surface area contributed by atoms with Crippen molar-refractivity contribution in [3.8, 4) is 0 Å². The molecule has 0 aromatic carbocycles. The van der Waals surface area contributed by atoms with E-state index in [1.807, 2.05) is 0 Å². The monoisotopic (exact) mass is 202 g/mol. The maximum absolute atomic E-state index is 11.3. The fourth-order valence-electron chi connectivity index (χ4n) is 1.16. The third kappa shape index (κ3) is 2.88. The van der Waals surface area contributed by atoms with Crippen LogP contribution in [0.4, 0.5) is 0 Å². The zero-order chi connectivity index (χ0) is 10.4. The average Bonchev–Trinajstić information content (AvgIpc) is 2.53. The molecule has 80 valence electrons. The molecule has 0 saturated carbocycles. The molecule has 0 N–H and O–H groups in total. The van der Waals surface area contributed by atoms with Crippen LogP contribution in [0.3, 0.4) is 0 Å². The molecule has 0 aromatic rings. The zero-order valence-corrected chi connectivity index (χ0v) is 8.26. The van der Waals surface area contributed by atoms with Crippen molar-refractivity contribution >= 4 is 5.78 Å².